The van der Waals surface area contributed by atoms with Crippen molar-refractivity contribution >= 4 is 17.6 Å². The lowest BCUT2D eigenvalue weighted by atomic mass is 10.0. The Bertz CT molecular complexity index is 610. The number of rotatable bonds is 5. The maximum atomic E-state index is 12.8. The minimum atomic E-state index is -0.387. The van der Waals surface area contributed by atoms with Crippen molar-refractivity contribution in [3.05, 3.63) is 30.3 Å². The fourth-order valence-electron chi connectivity index (χ4n) is 3.66. The molecule has 3 rings (SSSR count). The lowest BCUT2D eigenvalue weighted by molar-refractivity contribution is -0.146. The molecule has 0 aromatic heterocycles. The van der Waals surface area contributed by atoms with E-state index in [2.05, 4.69) is 10.6 Å². The van der Waals surface area contributed by atoms with E-state index in [1.807, 2.05) is 35.2 Å². The third-order valence-electron chi connectivity index (χ3n) is 5.09. The fraction of sp³-hybridized carbons (Fsp3) is 0.579. The molecule has 0 radical (unpaired) electrons. The van der Waals surface area contributed by atoms with E-state index in [1.54, 1.807) is 0 Å². The SMILES string of the molecule is NC[C@H]1CC[C@@H](C(=O)N2CCCCC2CNC(=O)Nc2ccccc2)O1. The number of benzene rings is 1. The Kier molecular flexibility index (Phi) is 6.46. The number of ether oxygens (including phenoxy) is 1. The van der Waals surface area contributed by atoms with Crippen LogP contribution in [0.1, 0.15) is 32.1 Å². The Morgan fingerprint density at radius 2 is 1.96 bits per heavy atom. The zero-order valence-electron chi connectivity index (χ0n) is 15.0. The molecule has 1 aromatic rings. The molecule has 0 bridgehead atoms. The zero-order valence-corrected chi connectivity index (χ0v) is 15.0. The van der Waals surface area contributed by atoms with Crippen LogP contribution in [0.2, 0.25) is 0 Å². The monoisotopic (exact) mass is 360 g/mol. The van der Waals surface area contributed by atoms with Gasteiger partial charge in [-0.05, 0) is 44.2 Å². The second-order valence-corrected chi connectivity index (χ2v) is 6.94. The van der Waals surface area contributed by atoms with Crippen LogP contribution in [0, 0.1) is 0 Å². The molecule has 2 heterocycles. The fourth-order valence-corrected chi connectivity index (χ4v) is 3.66. The lowest BCUT2D eigenvalue weighted by Gasteiger charge is -2.37. The molecule has 0 spiro atoms. The van der Waals surface area contributed by atoms with Crippen molar-refractivity contribution in [1.82, 2.24) is 10.2 Å². The first-order valence-corrected chi connectivity index (χ1v) is 9.43. The molecule has 3 amide bonds. The van der Waals surface area contributed by atoms with Gasteiger partial charge in [0.1, 0.15) is 6.10 Å². The van der Waals surface area contributed by atoms with Gasteiger partial charge >= 0.3 is 6.03 Å². The number of anilines is 1. The van der Waals surface area contributed by atoms with Crippen LogP contribution in [-0.2, 0) is 9.53 Å². The first kappa shape index (κ1) is 18.7. The van der Waals surface area contributed by atoms with E-state index in [-0.39, 0.29) is 30.2 Å². The van der Waals surface area contributed by atoms with Crippen molar-refractivity contribution in [2.45, 2.75) is 50.4 Å². The number of nitrogens with two attached hydrogens (primary N) is 1. The Morgan fingerprint density at radius 3 is 2.69 bits per heavy atom. The Balaban J connectivity index is 1.52. The van der Waals surface area contributed by atoms with Crippen LogP contribution in [0.5, 0.6) is 0 Å². The van der Waals surface area contributed by atoms with Crippen molar-refractivity contribution in [3.8, 4) is 0 Å². The number of piperidine rings is 1. The summed E-state index contributed by atoms with van der Waals surface area (Å²) in [5.74, 6) is 0.0379. The molecule has 0 saturated carbocycles. The van der Waals surface area contributed by atoms with E-state index in [9.17, 15) is 9.59 Å². The van der Waals surface area contributed by atoms with Crippen LogP contribution in [-0.4, -0.2) is 54.7 Å². The number of nitrogens with zero attached hydrogens (tertiary/aromatic N) is 1. The molecule has 1 aromatic carbocycles. The summed E-state index contributed by atoms with van der Waals surface area (Å²) >= 11 is 0. The van der Waals surface area contributed by atoms with Crippen LogP contribution in [0.15, 0.2) is 30.3 Å². The number of carbonyl (C=O) groups excluding carboxylic acids is 2. The van der Waals surface area contributed by atoms with Gasteiger partial charge in [0, 0.05) is 31.4 Å². The number of likely N-dealkylation sites (tertiary alicyclic amines) is 1. The minimum Gasteiger partial charge on any atom is -0.364 e. The van der Waals surface area contributed by atoms with Crippen molar-refractivity contribution in [3.63, 3.8) is 0 Å². The van der Waals surface area contributed by atoms with Gasteiger partial charge in [-0.2, -0.15) is 0 Å². The smallest absolute Gasteiger partial charge is 0.319 e. The highest BCUT2D eigenvalue weighted by molar-refractivity contribution is 5.89. The van der Waals surface area contributed by atoms with E-state index in [0.717, 1.165) is 44.3 Å². The third-order valence-corrected chi connectivity index (χ3v) is 5.09. The second-order valence-electron chi connectivity index (χ2n) is 6.94. The first-order valence-electron chi connectivity index (χ1n) is 9.43. The standard InChI is InChI=1S/C19H28N4O3/c20-12-16-9-10-17(26-16)18(24)23-11-5-4-8-15(23)13-21-19(25)22-14-6-2-1-3-7-14/h1-3,6-7,15-17H,4-5,8-13,20H2,(H2,21,22,25)/t15?,16-,17+/m1/s1. The van der Waals surface area contributed by atoms with Crippen LogP contribution in [0.4, 0.5) is 10.5 Å². The number of urea groups is 1. The summed E-state index contributed by atoms with van der Waals surface area (Å²) in [6, 6.07) is 9.06. The molecule has 2 fully saturated rings. The van der Waals surface area contributed by atoms with Crippen molar-refractivity contribution in [2.24, 2.45) is 5.73 Å². The predicted molar refractivity (Wildman–Crippen MR) is 99.8 cm³/mol. The van der Waals surface area contributed by atoms with E-state index in [0.29, 0.717) is 13.1 Å². The van der Waals surface area contributed by atoms with Crippen molar-refractivity contribution in [1.29, 1.82) is 0 Å². The van der Waals surface area contributed by atoms with Crippen LogP contribution >= 0.6 is 0 Å². The van der Waals surface area contributed by atoms with E-state index >= 15 is 0 Å². The number of nitrogens with one attached hydrogen (secondary N) is 2. The molecular formula is C19H28N4O3. The number of carbonyl (C=O) groups is 2. The van der Waals surface area contributed by atoms with E-state index in [4.69, 9.17) is 10.5 Å². The molecule has 1 unspecified atom stereocenters. The highest BCUT2D eigenvalue weighted by Gasteiger charge is 2.36. The van der Waals surface area contributed by atoms with E-state index in [1.165, 1.54) is 0 Å². The first-order chi connectivity index (χ1) is 12.7. The van der Waals surface area contributed by atoms with Crippen LogP contribution in [0.3, 0.4) is 0 Å². The van der Waals surface area contributed by atoms with E-state index < -0.39 is 0 Å². The number of hydrogen-bond acceptors (Lipinski definition) is 4. The van der Waals surface area contributed by atoms with Gasteiger partial charge < -0.3 is 26.0 Å². The maximum Gasteiger partial charge on any atom is 0.319 e. The van der Waals surface area contributed by atoms with Gasteiger partial charge in [0.05, 0.1) is 6.10 Å². The Morgan fingerprint density at radius 1 is 1.15 bits per heavy atom. The molecule has 26 heavy (non-hydrogen) atoms. The zero-order chi connectivity index (χ0) is 18.4. The van der Waals surface area contributed by atoms with Crippen molar-refractivity contribution in [2.75, 3.05) is 25.0 Å². The maximum absolute atomic E-state index is 12.8. The van der Waals surface area contributed by atoms with Gasteiger partial charge in [-0.1, -0.05) is 18.2 Å². The molecule has 0 aliphatic carbocycles. The number of amides is 3. The van der Waals surface area contributed by atoms with Gasteiger partial charge in [-0.15, -0.1) is 0 Å². The van der Waals surface area contributed by atoms with Gasteiger partial charge in [0.25, 0.3) is 5.91 Å². The summed E-state index contributed by atoms with van der Waals surface area (Å²) in [5, 5.41) is 5.69. The highest BCUT2D eigenvalue weighted by atomic mass is 16.5. The summed E-state index contributed by atoms with van der Waals surface area (Å²) in [6.07, 6.45) is 4.11. The van der Waals surface area contributed by atoms with Gasteiger partial charge in [0.2, 0.25) is 0 Å². The molecule has 2 saturated heterocycles. The Labute approximate surface area is 154 Å². The summed E-state index contributed by atoms with van der Waals surface area (Å²) in [6.45, 7) is 1.62. The predicted octanol–water partition coefficient (Wildman–Crippen LogP) is 1.70. The van der Waals surface area contributed by atoms with Crippen LogP contribution in [0.25, 0.3) is 0 Å². The molecule has 7 nitrogen and oxygen atoms in total. The third kappa shape index (κ3) is 4.74. The van der Waals surface area contributed by atoms with Gasteiger partial charge in [0.15, 0.2) is 0 Å². The number of hydrogen-bond donors (Lipinski definition) is 3. The van der Waals surface area contributed by atoms with Crippen molar-refractivity contribution < 1.29 is 14.3 Å². The largest absolute Gasteiger partial charge is 0.364 e. The lowest BCUT2D eigenvalue weighted by Crippen LogP contribution is -2.52. The second kappa shape index (κ2) is 9.00. The van der Waals surface area contributed by atoms with Gasteiger partial charge in [-0.3, -0.25) is 4.79 Å². The molecule has 2 aliphatic heterocycles. The molecule has 2 aliphatic rings. The minimum absolute atomic E-state index is 0.0121. The molecule has 4 N–H and O–H groups in total. The summed E-state index contributed by atoms with van der Waals surface area (Å²) in [5.41, 5.74) is 6.39. The summed E-state index contributed by atoms with van der Waals surface area (Å²) in [7, 11) is 0. The molecule has 142 valence electrons. The quantitative estimate of drug-likeness (QED) is 0.744. The molecule has 7 heteroatoms. The van der Waals surface area contributed by atoms with Crippen LogP contribution < -0.4 is 16.4 Å². The number of para-hydroxylation sites is 1. The topological polar surface area (TPSA) is 96.7 Å². The summed E-state index contributed by atoms with van der Waals surface area (Å²) in [4.78, 5) is 26.8. The average Bonchev–Trinajstić information content (AvgIpc) is 3.16. The normalized spacial score (nSPS) is 25.7. The van der Waals surface area contributed by atoms with Gasteiger partial charge in [-0.25, -0.2) is 4.79 Å². The highest BCUT2D eigenvalue weighted by Crippen LogP contribution is 2.24. The molecular weight excluding hydrogens is 332 g/mol. The molecule has 3 atom stereocenters. The Hall–Kier alpha value is -2.12. The average molecular weight is 360 g/mol. The summed E-state index contributed by atoms with van der Waals surface area (Å²) < 4.78 is 5.76.